The highest BCUT2D eigenvalue weighted by Crippen LogP contribution is 2.40. The van der Waals surface area contributed by atoms with Crippen molar-refractivity contribution in [3.63, 3.8) is 0 Å². The summed E-state index contributed by atoms with van der Waals surface area (Å²) >= 11 is 3.43. The molecule has 0 saturated carbocycles. The molecular formula is C25H20BrNO3. The fraction of sp³-hybridized carbons (Fsp3) is 0.120. The number of aryl methyl sites for hydroxylation is 1. The second kappa shape index (κ2) is 8.28. The Morgan fingerprint density at radius 2 is 1.57 bits per heavy atom. The quantitative estimate of drug-likeness (QED) is 0.322. The van der Waals surface area contributed by atoms with Crippen LogP contribution in [0, 0.1) is 6.92 Å². The lowest BCUT2D eigenvalue weighted by Gasteiger charge is -2.25. The smallest absolute Gasteiger partial charge is 0.295 e. The monoisotopic (exact) mass is 461 g/mol. The number of carbonyl (C=O) groups excluding carboxylic acids is 2. The maximum atomic E-state index is 13.0. The number of benzene rings is 3. The van der Waals surface area contributed by atoms with Crippen LogP contribution in [0.2, 0.25) is 0 Å². The fourth-order valence-electron chi connectivity index (χ4n) is 3.68. The number of nitrogens with zero attached hydrogens (tertiary/aromatic N) is 1. The molecule has 30 heavy (non-hydrogen) atoms. The molecule has 3 aromatic carbocycles. The summed E-state index contributed by atoms with van der Waals surface area (Å²) in [6, 6.07) is 23.6. The summed E-state index contributed by atoms with van der Waals surface area (Å²) in [7, 11) is 0. The van der Waals surface area contributed by atoms with Gasteiger partial charge in [0, 0.05) is 16.6 Å². The van der Waals surface area contributed by atoms with Gasteiger partial charge in [-0.2, -0.15) is 0 Å². The molecule has 1 aliphatic rings. The minimum atomic E-state index is -0.670. The van der Waals surface area contributed by atoms with Gasteiger partial charge in [-0.1, -0.05) is 88.2 Å². The molecule has 0 bridgehead atoms. The number of carbonyl (C=O) groups is 2. The summed E-state index contributed by atoms with van der Waals surface area (Å²) in [6.45, 7) is 2.22. The molecule has 5 heteroatoms. The zero-order valence-corrected chi connectivity index (χ0v) is 18.0. The van der Waals surface area contributed by atoms with Crippen LogP contribution in [-0.4, -0.2) is 21.7 Å². The Kier molecular flexibility index (Phi) is 5.55. The van der Waals surface area contributed by atoms with E-state index in [1.807, 2.05) is 73.7 Å². The number of aliphatic hydroxyl groups excluding tert-OH is 1. The van der Waals surface area contributed by atoms with Crippen LogP contribution in [0.4, 0.5) is 0 Å². The third-order valence-electron chi connectivity index (χ3n) is 5.25. The number of hydrogen-bond acceptors (Lipinski definition) is 3. The molecule has 0 aromatic heterocycles. The van der Waals surface area contributed by atoms with E-state index >= 15 is 0 Å². The molecule has 1 N–H and O–H groups in total. The van der Waals surface area contributed by atoms with Crippen molar-refractivity contribution in [3.8, 4) is 0 Å². The summed E-state index contributed by atoms with van der Waals surface area (Å²) < 4.78 is 0.893. The van der Waals surface area contributed by atoms with Crippen molar-refractivity contribution < 1.29 is 14.7 Å². The Morgan fingerprint density at radius 3 is 2.20 bits per heavy atom. The van der Waals surface area contributed by atoms with Crippen LogP contribution in [0.1, 0.15) is 28.3 Å². The zero-order chi connectivity index (χ0) is 21.3. The number of rotatable bonds is 4. The molecule has 150 valence electrons. The van der Waals surface area contributed by atoms with Gasteiger partial charge in [0.25, 0.3) is 11.7 Å². The molecule has 1 aliphatic heterocycles. The average Bonchev–Trinajstić information content (AvgIpc) is 3.00. The average molecular weight is 462 g/mol. The molecule has 0 spiro atoms. The molecule has 0 aliphatic carbocycles. The minimum absolute atomic E-state index is 0.113. The van der Waals surface area contributed by atoms with Crippen LogP contribution in [0.5, 0.6) is 0 Å². The molecular weight excluding hydrogens is 442 g/mol. The first-order valence-corrected chi connectivity index (χ1v) is 10.4. The normalized spacial score (nSPS) is 18.1. The van der Waals surface area contributed by atoms with Gasteiger partial charge in [0.1, 0.15) is 5.76 Å². The van der Waals surface area contributed by atoms with Crippen LogP contribution in [0.15, 0.2) is 88.9 Å². The Bertz CT molecular complexity index is 1120. The van der Waals surface area contributed by atoms with Crippen molar-refractivity contribution in [1.82, 2.24) is 4.90 Å². The van der Waals surface area contributed by atoms with E-state index in [1.54, 1.807) is 12.1 Å². The highest BCUT2D eigenvalue weighted by atomic mass is 79.9. The fourth-order valence-corrected chi connectivity index (χ4v) is 3.95. The van der Waals surface area contributed by atoms with Crippen molar-refractivity contribution in [2.75, 3.05) is 0 Å². The van der Waals surface area contributed by atoms with E-state index in [0.717, 1.165) is 21.2 Å². The lowest BCUT2D eigenvalue weighted by Crippen LogP contribution is -2.29. The SMILES string of the molecule is Cc1ccc(/C(O)=C2\C(=O)C(=O)N(Cc3ccccc3)[C@H]2c2ccc(Br)cc2)cc1. The summed E-state index contributed by atoms with van der Waals surface area (Å²) in [5.74, 6) is -1.44. The first-order valence-electron chi connectivity index (χ1n) is 9.60. The molecule has 1 fully saturated rings. The van der Waals surface area contributed by atoms with Crippen molar-refractivity contribution in [1.29, 1.82) is 0 Å². The van der Waals surface area contributed by atoms with Gasteiger partial charge < -0.3 is 10.0 Å². The van der Waals surface area contributed by atoms with E-state index in [9.17, 15) is 14.7 Å². The number of halogens is 1. The highest BCUT2D eigenvalue weighted by Gasteiger charge is 2.46. The molecule has 3 aromatic rings. The Hall–Kier alpha value is -3.18. The van der Waals surface area contributed by atoms with Crippen molar-refractivity contribution in [2.45, 2.75) is 19.5 Å². The van der Waals surface area contributed by atoms with E-state index < -0.39 is 17.7 Å². The Labute approximate surface area is 183 Å². The molecule has 1 saturated heterocycles. The van der Waals surface area contributed by atoms with E-state index in [4.69, 9.17) is 0 Å². The van der Waals surface area contributed by atoms with E-state index in [2.05, 4.69) is 15.9 Å². The molecule has 1 heterocycles. The van der Waals surface area contributed by atoms with E-state index in [0.29, 0.717) is 5.56 Å². The summed E-state index contributed by atoms with van der Waals surface area (Å²) in [4.78, 5) is 27.5. The summed E-state index contributed by atoms with van der Waals surface area (Å²) in [5, 5.41) is 11.0. The third-order valence-corrected chi connectivity index (χ3v) is 5.78. The standard InChI is InChI=1S/C25H20BrNO3/c1-16-7-9-19(10-8-16)23(28)21-22(18-11-13-20(26)14-12-18)27(25(30)24(21)29)15-17-5-3-2-4-6-17/h2-14,22,28H,15H2,1H3/b23-21+/t22-/m0/s1. The molecule has 0 radical (unpaired) electrons. The van der Waals surface area contributed by atoms with Crippen molar-refractivity contribution >= 4 is 33.4 Å². The first-order chi connectivity index (χ1) is 14.5. The predicted octanol–water partition coefficient (Wildman–Crippen LogP) is 5.38. The van der Waals surface area contributed by atoms with Gasteiger partial charge >= 0.3 is 0 Å². The maximum Gasteiger partial charge on any atom is 0.295 e. The van der Waals surface area contributed by atoms with Gasteiger partial charge in [0.2, 0.25) is 0 Å². The van der Waals surface area contributed by atoms with Crippen molar-refractivity contribution in [3.05, 3.63) is 111 Å². The van der Waals surface area contributed by atoms with Gasteiger partial charge in [-0.05, 0) is 30.2 Å². The Morgan fingerprint density at radius 1 is 0.933 bits per heavy atom. The van der Waals surface area contributed by atoms with Gasteiger partial charge in [-0.25, -0.2) is 0 Å². The molecule has 1 atom stereocenters. The second-order valence-electron chi connectivity index (χ2n) is 7.33. The molecule has 4 rings (SSSR count). The lowest BCUT2D eigenvalue weighted by molar-refractivity contribution is -0.140. The number of likely N-dealkylation sites (tertiary alicyclic amines) is 1. The maximum absolute atomic E-state index is 13.0. The largest absolute Gasteiger partial charge is 0.507 e. The van der Waals surface area contributed by atoms with Gasteiger partial charge in [-0.15, -0.1) is 0 Å². The first kappa shape index (κ1) is 20.1. The van der Waals surface area contributed by atoms with Gasteiger partial charge in [-0.3, -0.25) is 9.59 Å². The second-order valence-corrected chi connectivity index (χ2v) is 8.25. The lowest BCUT2D eigenvalue weighted by atomic mass is 9.95. The van der Waals surface area contributed by atoms with E-state index in [-0.39, 0.29) is 17.9 Å². The molecule has 4 nitrogen and oxygen atoms in total. The topological polar surface area (TPSA) is 57.6 Å². The number of hydrogen-bond donors (Lipinski definition) is 1. The number of ketones is 1. The van der Waals surface area contributed by atoms with Crippen LogP contribution in [-0.2, 0) is 16.1 Å². The van der Waals surface area contributed by atoms with Crippen molar-refractivity contribution in [2.24, 2.45) is 0 Å². The minimum Gasteiger partial charge on any atom is -0.507 e. The van der Waals surface area contributed by atoms with Crippen LogP contribution >= 0.6 is 15.9 Å². The van der Waals surface area contributed by atoms with E-state index in [1.165, 1.54) is 4.90 Å². The number of aliphatic hydroxyl groups is 1. The summed E-state index contributed by atoms with van der Waals surface area (Å²) in [6.07, 6.45) is 0. The van der Waals surface area contributed by atoms with Gasteiger partial charge in [0.15, 0.2) is 0 Å². The van der Waals surface area contributed by atoms with Gasteiger partial charge in [0.05, 0.1) is 11.6 Å². The molecule has 0 unspecified atom stereocenters. The Balaban J connectivity index is 1.85. The summed E-state index contributed by atoms with van der Waals surface area (Å²) in [5.41, 5.74) is 3.35. The van der Waals surface area contributed by atoms with Crippen LogP contribution in [0.3, 0.4) is 0 Å². The molecule has 1 amide bonds. The van der Waals surface area contributed by atoms with Crippen LogP contribution < -0.4 is 0 Å². The number of amides is 1. The number of Topliss-reactive ketones (excluding diaryl/α,β-unsaturated/α-hetero) is 1. The zero-order valence-electron chi connectivity index (χ0n) is 16.4. The predicted molar refractivity (Wildman–Crippen MR) is 120 cm³/mol. The highest BCUT2D eigenvalue weighted by molar-refractivity contribution is 9.10. The third kappa shape index (κ3) is 3.81. The van der Waals surface area contributed by atoms with Crippen LogP contribution in [0.25, 0.3) is 5.76 Å².